The number of nitrogens with one attached hydrogen (secondary N) is 1. The summed E-state index contributed by atoms with van der Waals surface area (Å²) >= 11 is 0. The summed E-state index contributed by atoms with van der Waals surface area (Å²) in [5, 5.41) is 21.3. The number of hydrogen-bond donors (Lipinski definition) is 2. The number of likely N-dealkylation sites (tertiary alicyclic amines) is 1. The second-order valence-electron chi connectivity index (χ2n) is 7.62. The maximum atomic E-state index is 13.2. The van der Waals surface area contributed by atoms with Crippen LogP contribution in [-0.4, -0.2) is 38.8 Å². The summed E-state index contributed by atoms with van der Waals surface area (Å²) < 4.78 is 19.9. The van der Waals surface area contributed by atoms with Crippen LogP contribution in [0.15, 0.2) is 41.1 Å². The number of halogens is 1. The van der Waals surface area contributed by atoms with E-state index in [9.17, 15) is 14.4 Å². The third-order valence-electron chi connectivity index (χ3n) is 5.33. The summed E-state index contributed by atoms with van der Waals surface area (Å²) in [7, 11) is 0. The minimum absolute atomic E-state index is 0.206. The first kappa shape index (κ1) is 20.6. The number of rotatable bonds is 6. The van der Waals surface area contributed by atoms with Gasteiger partial charge in [0.25, 0.3) is 5.91 Å². The number of benzene rings is 1. The lowest BCUT2D eigenvalue weighted by molar-refractivity contribution is 0.100. The lowest BCUT2D eigenvalue weighted by Crippen LogP contribution is -2.40. The molecule has 1 aromatic carbocycles. The first-order valence-corrected chi connectivity index (χ1v) is 9.88. The van der Waals surface area contributed by atoms with E-state index in [1.807, 2.05) is 13.0 Å². The standard InChI is InChI=1S/C21H22FN7O2/c1-13-8-17(27-31-13)11-28-7-6-19(14(9-23)10-28)29-12-18(20(24)30)21(26-29)25-16-4-2-15(22)3-5-16/h2-5,8,12,14,19H,6-7,10-11H2,1H3,(H2,24,30)(H,25,26). The van der Waals surface area contributed by atoms with E-state index in [1.165, 1.54) is 12.1 Å². The Morgan fingerprint density at radius 3 is 2.84 bits per heavy atom. The number of hydrogen-bond acceptors (Lipinski definition) is 7. The van der Waals surface area contributed by atoms with E-state index >= 15 is 0 Å². The topological polar surface area (TPSA) is 126 Å². The first-order chi connectivity index (χ1) is 14.9. The second-order valence-corrected chi connectivity index (χ2v) is 7.62. The minimum Gasteiger partial charge on any atom is -0.365 e. The van der Waals surface area contributed by atoms with E-state index in [1.54, 1.807) is 23.0 Å². The van der Waals surface area contributed by atoms with E-state index in [4.69, 9.17) is 10.3 Å². The van der Waals surface area contributed by atoms with Crippen molar-refractivity contribution in [2.24, 2.45) is 11.7 Å². The molecule has 2 atom stereocenters. The van der Waals surface area contributed by atoms with Crippen LogP contribution in [0.4, 0.5) is 15.9 Å². The smallest absolute Gasteiger partial charge is 0.254 e. The molecule has 10 heteroatoms. The van der Waals surface area contributed by atoms with Gasteiger partial charge in [-0.15, -0.1) is 0 Å². The number of amides is 1. The minimum atomic E-state index is -0.636. The first-order valence-electron chi connectivity index (χ1n) is 9.88. The van der Waals surface area contributed by atoms with Crippen LogP contribution in [0.2, 0.25) is 0 Å². The molecule has 1 amide bonds. The SMILES string of the molecule is Cc1cc(CN2CCC(n3cc(C(N)=O)c(Nc4ccc(F)cc4)n3)C(C#N)C2)no1. The van der Waals surface area contributed by atoms with Gasteiger partial charge < -0.3 is 15.6 Å². The van der Waals surface area contributed by atoms with Gasteiger partial charge >= 0.3 is 0 Å². The Hall–Kier alpha value is -3.71. The van der Waals surface area contributed by atoms with Crippen molar-refractivity contribution in [3.8, 4) is 6.07 Å². The molecule has 3 N–H and O–H groups in total. The number of carbonyl (C=O) groups is 1. The Morgan fingerprint density at radius 1 is 1.42 bits per heavy atom. The fourth-order valence-electron chi connectivity index (χ4n) is 3.82. The van der Waals surface area contributed by atoms with E-state index in [0.717, 1.165) is 18.0 Å². The van der Waals surface area contributed by atoms with Crippen LogP contribution in [-0.2, 0) is 6.54 Å². The fraction of sp³-hybridized carbons (Fsp3) is 0.333. The van der Waals surface area contributed by atoms with E-state index < -0.39 is 5.91 Å². The fourth-order valence-corrected chi connectivity index (χ4v) is 3.82. The zero-order chi connectivity index (χ0) is 22.0. The van der Waals surface area contributed by atoms with Gasteiger partial charge in [-0.25, -0.2) is 4.39 Å². The number of nitrogens with two attached hydrogens (primary N) is 1. The molecule has 1 fully saturated rings. The third kappa shape index (κ3) is 4.57. The molecule has 2 unspecified atom stereocenters. The largest absolute Gasteiger partial charge is 0.365 e. The molecule has 160 valence electrons. The van der Waals surface area contributed by atoms with E-state index in [2.05, 4.69) is 26.5 Å². The van der Waals surface area contributed by atoms with Gasteiger partial charge in [-0.1, -0.05) is 5.16 Å². The highest BCUT2D eigenvalue weighted by atomic mass is 19.1. The number of carbonyl (C=O) groups excluding carboxylic acids is 1. The van der Waals surface area contributed by atoms with Crippen LogP contribution < -0.4 is 11.1 Å². The van der Waals surface area contributed by atoms with Crippen molar-refractivity contribution in [3.63, 3.8) is 0 Å². The molecule has 3 heterocycles. The maximum Gasteiger partial charge on any atom is 0.254 e. The maximum absolute atomic E-state index is 13.2. The average molecular weight is 423 g/mol. The molecule has 31 heavy (non-hydrogen) atoms. The van der Waals surface area contributed by atoms with Gasteiger partial charge in [-0.2, -0.15) is 10.4 Å². The molecule has 1 aliphatic heterocycles. The zero-order valence-corrected chi connectivity index (χ0v) is 17.0. The molecule has 0 spiro atoms. The summed E-state index contributed by atoms with van der Waals surface area (Å²) in [4.78, 5) is 14.1. The van der Waals surface area contributed by atoms with Crippen LogP contribution in [0.25, 0.3) is 0 Å². The normalized spacial score (nSPS) is 19.1. The molecular weight excluding hydrogens is 401 g/mol. The molecule has 1 aliphatic rings. The highest BCUT2D eigenvalue weighted by Crippen LogP contribution is 2.31. The van der Waals surface area contributed by atoms with Gasteiger partial charge in [0, 0.05) is 37.6 Å². The van der Waals surface area contributed by atoms with Crippen molar-refractivity contribution in [1.82, 2.24) is 19.8 Å². The van der Waals surface area contributed by atoms with Crippen LogP contribution >= 0.6 is 0 Å². The summed E-state index contributed by atoms with van der Waals surface area (Å²) in [5.74, 6) is -0.311. The van der Waals surface area contributed by atoms with Gasteiger partial charge in [0.05, 0.1) is 23.7 Å². The Kier molecular flexibility index (Phi) is 5.68. The number of nitriles is 1. The van der Waals surface area contributed by atoms with Gasteiger partial charge in [0.1, 0.15) is 17.1 Å². The lowest BCUT2D eigenvalue weighted by Gasteiger charge is -2.34. The molecule has 0 bridgehead atoms. The zero-order valence-electron chi connectivity index (χ0n) is 17.0. The molecule has 4 rings (SSSR count). The molecule has 2 aromatic heterocycles. The molecular formula is C21H22FN7O2. The van der Waals surface area contributed by atoms with E-state index in [-0.39, 0.29) is 29.2 Å². The van der Waals surface area contributed by atoms with Gasteiger partial charge in [-0.05, 0) is 37.6 Å². The van der Waals surface area contributed by atoms with Gasteiger partial charge in [-0.3, -0.25) is 14.4 Å². The molecule has 0 radical (unpaired) electrons. The summed E-state index contributed by atoms with van der Waals surface area (Å²) in [6.07, 6.45) is 2.24. The van der Waals surface area contributed by atoms with Crippen molar-refractivity contribution in [1.29, 1.82) is 5.26 Å². The Bertz CT molecular complexity index is 1120. The second kappa shape index (κ2) is 8.57. The van der Waals surface area contributed by atoms with Crippen molar-refractivity contribution in [3.05, 3.63) is 59.4 Å². The van der Waals surface area contributed by atoms with Crippen LogP contribution in [0.3, 0.4) is 0 Å². The quantitative estimate of drug-likeness (QED) is 0.624. The highest BCUT2D eigenvalue weighted by molar-refractivity contribution is 5.98. The van der Waals surface area contributed by atoms with Crippen molar-refractivity contribution in [2.45, 2.75) is 25.9 Å². The van der Waals surface area contributed by atoms with Gasteiger partial charge in [0.15, 0.2) is 5.82 Å². The number of aromatic nitrogens is 3. The Morgan fingerprint density at radius 2 is 2.19 bits per heavy atom. The number of piperidine rings is 1. The molecule has 9 nitrogen and oxygen atoms in total. The lowest BCUT2D eigenvalue weighted by atomic mass is 9.93. The highest BCUT2D eigenvalue weighted by Gasteiger charge is 2.32. The predicted molar refractivity (Wildman–Crippen MR) is 110 cm³/mol. The number of anilines is 2. The third-order valence-corrected chi connectivity index (χ3v) is 5.33. The molecule has 3 aromatic rings. The molecule has 0 saturated carbocycles. The Balaban J connectivity index is 1.52. The van der Waals surface area contributed by atoms with Crippen molar-refractivity contribution < 1.29 is 13.7 Å². The molecule has 1 saturated heterocycles. The summed E-state index contributed by atoms with van der Waals surface area (Å²) in [6.45, 7) is 3.72. The van der Waals surface area contributed by atoms with Crippen LogP contribution in [0.5, 0.6) is 0 Å². The average Bonchev–Trinajstić information content (AvgIpc) is 3.35. The van der Waals surface area contributed by atoms with Crippen LogP contribution in [0, 0.1) is 30.0 Å². The number of primary amides is 1. The Labute approximate surface area is 178 Å². The van der Waals surface area contributed by atoms with E-state index in [0.29, 0.717) is 25.2 Å². The molecule has 0 aliphatic carbocycles. The monoisotopic (exact) mass is 423 g/mol. The number of nitrogens with zero attached hydrogens (tertiary/aromatic N) is 5. The van der Waals surface area contributed by atoms with Crippen molar-refractivity contribution in [2.75, 3.05) is 18.4 Å². The summed E-state index contributed by atoms with van der Waals surface area (Å²) in [6, 6.07) is 9.74. The number of aryl methyl sites for hydroxylation is 1. The summed E-state index contributed by atoms with van der Waals surface area (Å²) in [5.41, 5.74) is 7.14. The van der Waals surface area contributed by atoms with Gasteiger partial charge in [0.2, 0.25) is 0 Å². The predicted octanol–water partition coefficient (Wildman–Crippen LogP) is 2.75. The van der Waals surface area contributed by atoms with Crippen molar-refractivity contribution >= 4 is 17.4 Å². The van der Waals surface area contributed by atoms with Crippen LogP contribution in [0.1, 0.15) is 34.3 Å².